The van der Waals surface area contributed by atoms with Crippen molar-refractivity contribution in [1.29, 1.82) is 0 Å². The lowest BCUT2D eigenvalue weighted by Crippen LogP contribution is -2.36. The lowest BCUT2D eigenvalue weighted by molar-refractivity contribution is -0.124. The Balaban J connectivity index is 1.75. The Hall–Kier alpha value is -2.71. The van der Waals surface area contributed by atoms with Crippen molar-refractivity contribution in [3.05, 3.63) is 65.2 Å². The molecule has 1 heterocycles. The van der Waals surface area contributed by atoms with E-state index in [4.69, 9.17) is 4.74 Å². The fraction of sp³-hybridized carbons (Fsp3) is 0.300. The van der Waals surface area contributed by atoms with Crippen LogP contribution in [0, 0.1) is 0 Å². The molecule has 0 saturated carbocycles. The molecule has 148 valence electrons. The van der Waals surface area contributed by atoms with Crippen molar-refractivity contribution < 1.29 is 22.7 Å². The van der Waals surface area contributed by atoms with Crippen LogP contribution in [0.3, 0.4) is 0 Å². The number of likely N-dealkylation sites (N-methyl/N-ethyl adjacent to an activating group) is 1. The number of carbonyl (C=O) groups is 2. The SMILES string of the molecule is CCNC(=O)COC(=O)c1cccc(S(=O)(=O)N2CCc3ccccc3C2)c1. The maximum absolute atomic E-state index is 13.0. The van der Waals surface area contributed by atoms with Gasteiger partial charge in [-0.15, -0.1) is 0 Å². The molecule has 1 N–H and O–H groups in total. The van der Waals surface area contributed by atoms with Gasteiger partial charge in [0.2, 0.25) is 10.0 Å². The molecule has 0 aromatic heterocycles. The number of amides is 1. The van der Waals surface area contributed by atoms with Crippen molar-refractivity contribution in [2.24, 2.45) is 0 Å². The largest absolute Gasteiger partial charge is 0.452 e. The van der Waals surface area contributed by atoms with Gasteiger partial charge in [0.05, 0.1) is 10.5 Å². The number of benzene rings is 2. The monoisotopic (exact) mass is 402 g/mol. The molecule has 1 amide bonds. The summed E-state index contributed by atoms with van der Waals surface area (Å²) >= 11 is 0. The Morgan fingerprint density at radius 2 is 1.86 bits per heavy atom. The van der Waals surface area contributed by atoms with Crippen molar-refractivity contribution in [1.82, 2.24) is 9.62 Å². The molecule has 0 saturated heterocycles. The Labute approximate surface area is 164 Å². The maximum Gasteiger partial charge on any atom is 0.338 e. The average Bonchev–Trinajstić information content (AvgIpc) is 2.72. The molecule has 0 unspecified atom stereocenters. The topological polar surface area (TPSA) is 92.8 Å². The second kappa shape index (κ2) is 8.53. The van der Waals surface area contributed by atoms with E-state index in [9.17, 15) is 18.0 Å². The number of nitrogens with zero attached hydrogens (tertiary/aromatic N) is 1. The van der Waals surface area contributed by atoms with Crippen LogP contribution in [0.25, 0.3) is 0 Å². The molecule has 0 atom stereocenters. The summed E-state index contributed by atoms with van der Waals surface area (Å²) in [5.41, 5.74) is 2.22. The van der Waals surface area contributed by atoms with Crippen LogP contribution >= 0.6 is 0 Å². The van der Waals surface area contributed by atoms with Gasteiger partial charge in [0, 0.05) is 19.6 Å². The number of sulfonamides is 1. The minimum absolute atomic E-state index is 0.0272. The Kier molecular flexibility index (Phi) is 6.11. The van der Waals surface area contributed by atoms with Gasteiger partial charge in [-0.3, -0.25) is 4.79 Å². The summed E-state index contributed by atoms with van der Waals surface area (Å²) in [5, 5.41) is 2.52. The number of carbonyl (C=O) groups excluding carboxylic acids is 2. The first-order chi connectivity index (χ1) is 13.4. The van der Waals surface area contributed by atoms with E-state index in [-0.39, 0.29) is 10.5 Å². The third-order valence-corrected chi connectivity index (χ3v) is 6.35. The molecule has 3 rings (SSSR count). The van der Waals surface area contributed by atoms with Crippen LogP contribution < -0.4 is 5.32 Å². The predicted molar refractivity (Wildman–Crippen MR) is 103 cm³/mol. The first kappa shape index (κ1) is 20.0. The standard InChI is InChI=1S/C20H22N2O5S/c1-2-21-19(23)14-27-20(24)16-8-5-9-18(12-16)28(25,26)22-11-10-15-6-3-4-7-17(15)13-22/h3-9,12H,2,10-11,13-14H2,1H3,(H,21,23). The molecule has 1 aliphatic heterocycles. The molecular weight excluding hydrogens is 380 g/mol. The molecule has 2 aromatic carbocycles. The summed E-state index contributed by atoms with van der Waals surface area (Å²) in [6.07, 6.45) is 0.643. The minimum Gasteiger partial charge on any atom is -0.452 e. The van der Waals surface area contributed by atoms with E-state index in [1.165, 1.54) is 28.6 Å². The summed E-state index contributed by atoms with van der Waals surface area (Å²) in [4.78, 5) is 23.6. The summed E-state index contributed by atoms with van der Waals surface area (Å²) in [6.45, 7) is 2.46. The van der Waals surface area contributed by atoms with Gasteiger partial charge < -0.3 is 10.1 Å². The first-order valence-electron chi connectivity index (χ1n) is 9.02. The summed E-state index contributed by atoms with van der Waals surface area (Å²) in [5.74, 6) is -1.15. The van der Waals surface area contributed by atoms with Crippen LogP contribution in [0.4, 0.5) is 0 Å². The third-order valence-electron chi connectivity index (χ3n) is 4.51. The number of rotatable bonds is 6. The molecule has 2 aromatic rings. The smallest absolute Gasteiger partial charge is 0.338 e. The van der Waals surface area contributed by atoms with Crippen LogP contribution in [-0.4, -0.2) is 44.3 Å². The lowest BCUT2D eigenvalue weighted by Gasteiger charge is -2.28. The fourth-order valence-electron chi connectivity index (χ4n) is 3.07. The number of fused-ring (bicyclic) bond motifs is 1. The molecule has 0 bridgehead atoms. The quantitative estimate of drug-likeness (QED) is 0.743. The van der Waals surface area contributed by atoms with E-state index >= 15 is 0 Å². The van der Waals surface area contributed by atoms with Gasteiger partial charge in [-0.25, -0.2) is 13.2 Å². The van der Waals surface area contributed by atoms with Crippen LogP contribution in [0.1, 0.15) is 28.4 Å². The maximum atomic E-state index is 13.0. The van der Waals surface area contributed by atoms with Gasteiger partial charge in [-0.2, -0.15) is 4.31 Å². The molecule has 0 spiro atoms. The van der Waals surface area contributed by atoms with Gasteiger partial charge in [-0.1, -0.05) is 30.3 Å². The number of ether oxygens (including phenoxy) is 1. The van der Waals surface area contributed by atoms with Crippen molar-refractivity contribution in [2.75, 3.05) is 19.7 Å². The highest BCUT2D eigenvalue weighted by Gasteiger charge is 2.28. The number of esters is 1. The molecule has 0 aliphatic carbocycles. The third kappa shape index (κ3) is 4.40. The fourth-order valence-corrected chi connectivity index (χ4v) is 4.54. The predicted octanol–water partition coefficient (Wildman–Crippen LogP) is 1.73. The molecule has 0 fully saturated rings. The number of nitrogens with one attached hydrogen (secondary N) is 1. The summed E-state index contributed by atoms with van der Waals surface area (Å²) in [6, 6.07) is 13.5. The van der Waals surface area contributed by atoms with Crippen LogP contribution in [0.5, 0.6) is 0 Å². The van der Waals surface area contributed by atoms with E-state index in [1.54, 1.807) is 6.92 Å². The molecule has 1 aliphatic rings. The van der Waals surface area contributed by atoms with Crippen molar-refractivity contribution >= 4 is 21.9 Å². The number of hydrogen-bond donors (Lipinski definition) is 1. The Morgan fingerprint density at radius 1 is 1.11 bits per heavy atom. The highest BCUT2D eigenvalue weighted by molar-refractivity contribution is 7.89. The Bertz CT molecular complexity index is 988. The van der Waals surface area contributed by atoms with Gasteiger partial charge in [-0.05, 0) is 42.7 Å². The minimum atomic E-state index is -3.75. The van der Waals surface area contributed by atoms with Crippen LogP contribution in [-0.2, 0) is 32.5 Å². The van der Waals surface area contributed by atoms with Gasteiger partial charge >= 0.3 is 5.97 Å². The normalized spacial score (nSPS) is 14.2. The van der Waals surface area contributed by atoms with Crippen LogP contribution in [0.2, 0.25) is 0 Å². The zero-order valence-electron chi connectivity index (χ0n) is 15.6. The van der Waals surface area contributed by atoms with E-state index in [0.717, 1.165) is 11.1 Å². The highest BCUT2D eigenvalue weighted by atomic mass is 32.2. The molecule has 28 heavy (non-hydrogen) atoms. The van der Waals surface area contributed by atoms with E-state index in [1.807, 2.05) is 24.3 Å². The van der Waals surface area contributed by atoms with E-state index < -0.39 is 28.5 Å². The van der Waals surface area contributed by atoms with E-state index in [0.29, 0.717) is 26.1 Å². The van der Waals surface area contributed by atoms with Crippen molar-refractivity contribution in [3.63, 3.8) is 0 Å². The van der Waals surface area contributed by atoms with Crippen molar-refractivity contribution in [3.8, 4) is 0 Å². The zero-order chi connectivity index (χ0) is 20.1. The number of hydrogen-bond acceptors (Lipinski definition) is 5. The average molecular weight is 402 g/mol. The van der Waals surface area contributed by atoms with Crippen molar-refractivity contribution in [2.45, 2.75) is 24.8 Å². The van der Waals surface area contributed by atoms with Crippen LogP contribution in [0.15, 0.2) is 53.4 Å². The molecule has 8 heteroatoms. The second-order valence-corrected chi connectivity index (χ2v) is 8.35. The zero-order valence-corrected chi connectivity index (χ0v) is 16.4. The first-order valence-corrected chi connectivity index (χ1v) is 10.5. The van der Waals surface area contributed by atoms with Gasteiger partial charge in [0.1, 0.15) is 0 Å². The van der Waals surface area contributed by atoms with Gasteiger partial charge in [0.25, 0.3) is 5.91 Å². The summed E-state index contributed by atoms with van der Waals surface area (Å²) < 4.78 is 32.4. The molecule has 0 radical (unpaired) electrons. The summed E-state index contributed by atoms with van der Waals surface area (Å²) in [7, 11) is -3.75. The molecule has 7 nitrogen and oxygen atoms in total. The lowest BCUT2D eigenvalue weighted by atomic mass is 10.0. The Morgan fingerprint density at radius 3 is 2.61 bits per heavy atom. The highest BCUT2D eigenvalue weighted by Crippen LogP contribution is 2.25. The second-order valence-electron chi connectivity index (χ2n) is 6.41. The van der Waals surface area contributed by atoms with Gasteiger partial charge in [0.15, 0.2) is 6.61 Å². The van der Waals surface area contributed by atoms with E-state index in [2.05, 4.69) is 5.32 Å². The molecular formula is C20H22N2O5S.